The monoisotopic (exact) mass is 566 g/mol. The molecule has 3 heterocycles. The standard InChI is InChI=1S/C34H38N4O4/c1-24(39)28-11-14-37(23-28)30-9-8-25(20-31(30)42-3)33(41)38-15-13-34(21-26-6-4-5-7-29(26)38)12-10-27(22-34)32(40)36-18-16-35(2)17-19-36/h4-9,11,14,20,22-23H,10,12-13,15-19,21H2,1-3H3. The molecule has 8 heteroatoms. The van der Waals surface area contributed by atoms with Gasteiger partial charge in [-0.15, -0.1) is 0 Å². The van der Waals surface area contributed by atoms with Gasteiger partial charge < -0.3 is 24.0 Å². The maximum Gasteiger partial charge on any atom is 0.258 e. The van der Waals surface area contributed by atoms with E-state index in [4.69, 9.17) is 4.74 Å². The first-order valence-corrected chi connectivity index (χ1v) is 14.7. The van der Waals surface area contributed by atoms with Crippen LogP contribution >= 0.6 is 0 Å². The Morgan fingerprint density at radius 3 is 2.38 bits per heavy atom. The van der Waals surface area contributed by atoms with Crippen LogP contribution in [-0.4, -0.2) is 78.8 Å². The summed E-state index contributed by atoms with van der Waals surface area (Å²) in [7, 11) is 3.68. The van der Waals surface area contributed by atoms with Gasteiger partial charge in [-0.2, -0.15) is 0 Å². The summed E-state index contributed by atoms with van der Waals surface area (Å²) >= 11 is 0. The van der Waals surface area contributed by atoms with Crippen molar-refractivity contribution in [3.8, 4) is 11.4 Å². The largest absolute Gasteiger partial charge is 0.495 e. The van der Waals surface area contributed by atoms with Crippen molar-refractivity contribution in [2.24, 2.45) is 5.41 Å². The van der Waals surface area contributed by atoms with Gasteiger partial charge in [0, 0.05) is 67.5 Å². The number of piperazine rings is 1. The van der Waals surface area contributed by atoms with Crippen LogP contribution in [0, 0.1) is 5.41 Å². The van der Waals surface area contributed by atoms with Gasteiger partial charge in [-0.1, -0.05) is 24.3 Å². The van der Waals surface area contributed by atoms with E-state index in [9.17, 15) is 14.4 Å². The first-order valence-electron chi connectivity index (χ1n) is 14.7. The highest BCUT2D eigenvalue weighted by atomic mass is 16.5. The van der Waals surface area contributed by atoms with Crippen molar-refractivity contribution in [1.29, 1.82) is 0 Å². The number of hydrogen-bond donors (Lipinski definition) is 0. The number of rotatable bonds is 5. The number of ether oxygens (including phenoxy) is 1. The number of ketones is 1. The highest BCUT2D eigenvalue weighted by Gasteiger charge is 2.40. The molecule has 1 aliphatic carbocycles. The number of methoxy groups -OCH3 is 1. The fourth-order valence-corrected chi connectivity index (χ4v) is 6.61. The number of para-hydroxylation sites is 1. The summed E-state index contributed by atoms with van der Waals surface area (Å²) in [4.78, 5) is 45.4. The molecule has 0 saturated carbocycles. The van der Waals surface area contributed by atoms with Gasteiger partial charge in [0.2, 0.25) is 5.91 Å². The Hall–Kier alpha value is -4.17. The number of allylic oxidation sites excluding steroid dienone is 1. The SMILES string of the molecule is COc1cc(C(=O)N2CCC3(C=C(C(=O)N4CCN(C)CC4)CC3)Cc3ccccc32)ccc1-n1ccc(C(C)=O)c1. The number of carbonyl (C=O) groups is 3. The summed E-state index contributed by atoms with van der Waals surface area (Å²) < 4.78 is 7.52. The Bertz CT molecular complexity index is 1560. The van der Waals surface area contributed by atoms with Crippen molar-refractivity contribution in [2.45, 2.75) is 32.6 Å². The average molecular weight is 567 g/mol. The molecule has 0 bridgehead atoms. The molecule has 2 aromatic carbocycles. The fourth-order valence-electron chi connectivity index (χ4n) is 6.61. The molecule has 2 amide bonds. The summed E-state index contributed by atoms with van der Waals surface area (Å²) in [5.74, 6) is 0.634. The Balaban J connectivity index is 1.26. The van der Waals surface area contributed by atoms with Crippen LogP contribution in [0.1, 0.15) is 52.5 Å². The predicted octanol–water partition coefficient (Wildman–Crippen LogP) is 4.76. The lowest BCUT2D eigenvalue weighted by atomic mass is 9.79. The second kappa shape index (κ2) is 11.2. The molecule has 3 aromatic rings. The minimum Gasteiger partial charge on any atom is -0.495 e. The number of benzene rings is 2. The van der Waals surface area contributed by atoms with Crippen molar-refractivity contribution in [3.63, 3.8) is 0 Å². The van der Waals surface area contributed by atoms with Crippen LogP contribution in [0.3, 0.4) is 0 Å². The molecule has 1 atom stereocenters. The number of nitrogens with zero attached hydrogens (tertiary/aromatic N) is 4. The van der Waals surface area contributed by atoms with E-state index < -0.39 is 0 Å². The topological polar surface area (TPSA) is 75.1 Å². The van der Waals surface area contributed by atoms with E-state index in [1.54, 1.807) is 25.4 Å². The molecule has 2 aliphatic heterocycles. The Morgan fingerprint density at radius 2 is 1.64 bits per heavy atom. The van der Waals surface area contributed by atoms with Crippen molar-refractivity contribution in [2.75, 3.05) is 51.8 Å². The van der Waals surface area contributed by atoms with E-state index in [2.05, 4.69) is 24.1 Å². The van der Waals surface area contributed by atoms with Gasteiger partial charge in [0.05, 0.1) is 12.8 Å². The number of carbonyl (C=O) groups excluding carboxylic acids is 3. The first kappa shape index (κ1) is 28.0. The molecule has 1 unspecified atom stereocenters. The van der Waals surface area contributed by atoms with Crippen molar-refractivity contribution in [1.82, 2.24) is 14.4 Å². The summed E-state index contributed by atoms with van der Waals surface area (Å²) in [5, 5.41) is 0. The van der Waals surface area contributed by atoms with E-state index in [0.29, 0.717) is 23.4 Å². The van der Waals surface area contributed by atoms with E-state index in [1.165, 1.54) is 6.92 Å². The van der Waals surface area contributed by atoms with Crippen LogP contribution in [0.2, 0.25) is 0 Å². The number of aromatic nitrogens is 1. The molecule has 6 rings (SSSR count). The smallest absolute Gasteiger partial charge is 0.258 e. The molecule has 0 N–H and O–H groups in total. The normalized spacial score (nSPS) is 20.7. The maximum atomic E-state index is 14.1. The van der Waals surface area contributed by atoms with E-state index in [-0.39, 0.29) is 23.0 Å². The zero-order chi connectivity index (χ0) is 29.4. The van der Waals surface area contributed by atoms with Crippen LogP contribution in [0.5, 0.6) is 5.75 Å². The van der Waals surface area contributed by atoms with Crippen LogP contribution in [-0.2, 0) is 11.2 Å². The van der Waals surface area contributed by atoms with Crippen LogP contribution < -0.4 is 9.64 Å². The predicted molar refractivity (Wildman–Crippen MR) is 163 cm³/mol. The fraction of sp³-hybridized carbons (Fsp3) is 0.382. The van der Waals surface area contributed by atoms with Crippen molar-refractivity contribution < 1.29 is 19.1 Å². The summed E-state index contributed by atoms with van der Waals surface area (Å²) in [6.07, 6.45) is 9.12. The molecule has 3 aliphatic rings. The molecule has 42 heavy (non-hydrogen) atoms. The molecular weight excluding hydrogens is 528 g/mol. The number of likely N-dealkylation sites (N-methyl/N-ethyl adjacent to an activating group) is 1. The number of amides is 2. The van der Waals surface area contributed by atoms with Gasteiger partial charge >= 0.3 is 0 Å². The summed E-state index contributed by atoms with van der Waals surface area (Å²) in [6.45, 7) is 5.46. The third-order valence-corrected chi connectivity index (χ3v) is 9.15. The Kier molecular flexibility index (Phi) is 7.49. The molecule has 0 radical (unpaired) electrons. The van der Waals surface area contributed by atoms with E-state index >= 15 is 0 Å². The Morgan fingerprint density at radius 1 is 0.857 bits per heavy atom. The molecule has 1 saturated heterocycles. The van der Waals surface area contributed by atoms with E-state index in [0.717, 1.165) is 74.4 Å². The summed E-state index contributed by atoms with van der Waals surface area (Å²) in [5.41, 5.74) is 4.73. The second-order valence-electron chi connectivity index (χ2n) is 11.9. The third kappa shape index (κ3) is 5.27. The van der Waals surface area contributed by atoms with Crippen LogP contribution in [0.4, 0.5) is 5.69 Å². The van der Waals surface area contributed by atoms with Crippen molar-refractivity contribution in [3.05, 3.63) is 89.3 Å². The minimum absolute atomic E-state index is 0.00922. The third-order valence-electron chi connectivity index (χ3n) is 9.15. The van der Waals surface area contributed by atoms with E-state index in [1.807, 2.05) is 50.9 Å². The number of Topliss-reactive ketones (excluding diaryl/α,β-unsaturated/α-hetero) is 1. The second-order valence-corrected chi connectivity index (χ2v) is 11.9. The maximum absolute atomic E-state index is 14.1. The molecule has 8 nitrogen and oxygen atoms in total. The van der Waals surface area contributed by atoms with Crippen LogP contribution in [0.15, 0.2) is 72.6 Å². The van der Waals surface area contributed by atoms with Crippen LogP contribution in [0.25, 0.3) is 5.69 Å². The lowest BCUT2D eigenvalue weighted by Gasteiger charge is -2.32. The molecular formula is C34H38N4O4. The minimum atomic E-state index is -0.146. The quantitative estimate of drug-likeness (QED) is 0.417. The van der Waals surface area contributed by atoms with Gasteiger partial charge in [-0.3, -0.25) is 14.4 Å². The van der Waals surface area contributed by atoms with Gasteiger partial charge in [0.25, 0.3) is 5.91 Å². The lowest BCUT2D eigenvalue weighted by molar-refractivity contribution is -0.128. The lowest BCUT2D eigenvalue weighted by Crippen LogP contribution is -2.47. The molecule has 1 fully saturated rings. The highest BCUT2D eigenvalue weighted by molar-refractivity contribution is 6.07. The highest BCUT2D eigenvalue weighted by Crippen LogP contribution is 2.46. The number of fused-ring (bicyclic) bond motifs is 1. The summed E-state index contributed by atoms with van der Waals surface area (Å²) in [6, 6.07) is 15.4. The van der Waals surface area contributed by atoms with Gasteiger partial charge in [0.1, 0.15) is 5.75 Å². The zero-order valence-electron chi connectivity index (χ0n) is 24.6. The number of anilines is 1. The van der Waals surface area contributed by atoms with Gasteiger partial charge in [-0.05, 0) is 81.0 Å². The molecule has 1 spiro atoms. The zero-order valence-corrected chi connectivity index (χ0v) is 24.6. The molecule has 1 aromatic heterocycles. The number of hydrogen-bond acceptors (Lipinski definition) is 5. The van der Waals surface area contributed by atoms with Gasteiger partial charge in [0.15, 0.2) is 5.78 Å². The Labute approximate surface area is 247 Å². The average Bonchev–Trinajstić information content (AvgIpc) is 3.62. The van der Waals surface area contributed by atoms with Crippen molar-refractivity contribution >= 4 is 23.3 Å². The van der Waals surface area contributed by atoms with Gasteiger partial charge in [-0.25, -0.2) is 0 Å². The first-order chi connectivity index (χ1) is 20.3. The molecule has 218 valence electrons.